The quantitative estimate of drug-likeness (QED) is 0.644. The Hall–Kier alpha value is -1.92. The minimum Gasteiger partial charge on any atom is -0.383 e. The highest BCUT2D eigenvalue weighted by Crippen LogP contribution is 2.38. The van der Waals surface area contributed by atoms with E-state index in [0.717, 1.165) is 25.9 Å². The van der Waals surface area contributed by atoms with Crippen LogP contribution in [0.15, 0.2) is 30.3 Å². The highest BCUT2D eigenvalue weighted by Gasteiger charge is 2.57. The molecule has 2 aliphatic heterocycles. The van der Waals surface area contributed by atoms with Crippen LogP contribution >= 0.6 is 0 Å². The van der Waals surface area contributed by atoms with Crippen molar-refractivity contribution in [3.8, 4) is 0 Å². The van der Waals surface area contributed by atoms with Crippen LogP contribution in [0.2, 0.25) is 0 Å². The summed E-state index contributed by atoms with van der Waals surface area (Å²) in [5.74, 6) is -0.0357. The molecule has 2 heterocycles. The van der Waals surface area contributed by atoms with Crippen molar-refractivity contribution in [2.45, 2.75) is 51.1 Å². The third kappa shape index (κ3) is 3.94. The molecule has 6 nitrogen and oxygen atoms in total. The van der Waals surface area contributed by atoms with Gasteiger partial charge >= 0.3 is 6.03 Å². The molecule has 1 aromatic rings. The van der Waals surface area contributed by atoms with E-state index >= 15 is 0 Å². The molecule has 6 heteroatoms. The summed E-state index contributed by atoms with van der Waals surface area (Å²) in [7, 11) is 1.60. The first-order valence-electron chi connectivity index (χ1n) is 10.4. The summed E-state index contributed by atoms with van der Waals surface area (Å²) >= 11 is 0. The second-order valence-electron chi connectivity index (χ2n) is 7.94. The van der Waals surface area contributed by atoms with E-state index < -0.39 is 5.54 Å². The Morgan fingerprint density at radius 3 is 2.39 bits per heavy atom. The van der Waals surface area contributed by atoms with Gasteiger partial charge in [-0.1, -0.05) is 37.3 Å². The molecule has 0 radical (unpaired) electrons. The molecule has 28 heavy (non-hydrogen) atoms. The van der Waals surface area contributed by atoms with Gasteiger partial charge in [-0.3, -0.25) is 9.69 Å². The predicted octanol–water partition coefficient (Wildman–Crippen LogP) is 2.77. The van der Waals surface area contributed by atoms with Gasteiger partial charge in [-0.15, -0.1) is 0 Å². The molecular formula is C22H33N3O3. The van der Waals surface area contributed by atoms with Crippen molar-refractivity contribution in [1.29, 1.82) is 0 Å². The Morgan fingerprint density at radius 2 is 1.79 bits per heavy atom. The minimum absolute atomic E-state index is 0.0357. The molecule has 0 bridgehead atoms. The van der Waals surface area contributed by atoms with Crippen molar-refractivity contribution in [2.75, 3.05) is 39.9 Å². The maximum absolute atomic E-state index is 13.4. The Morgan fingerprint density at radius 1 is 1.11 bits per heavy atom. The monoisotopic (exact) mass is 387 g/mol. The van der Waals surface area contributed by atoms with Crippen LogP contribution in [0.25, 0.3) is 0 Å². The van der Waals surface area contributed by atoms with Crippen molar-refractivity contribution in [3.05, 3.63) is 35.9 Å². The Kier molecular flexibility index (Phi) is 6.73. The molecule has 2 saturated heterocycles. The van der Waals surface area contributed by atoms with Gasteiger partial charge in [0.2, 0.25) is 0 Å². The van der Waals surface area contributed by atoms with Crippen LogP contribution in [0.4, 0.5) is 4.79 Å². The first-order valence-corrected chi connectivity index (χ1v) is 10.4. The van der Waals surface area contributed by atoms with Gasteiger partial charge in [0.1, 0.15) is 5.54 Å². The molecule has 0 aliphatic carbocycles. The SMILES string of the molecule is CC[C@H](C)N1CCC2(CC1)C(=O)N(CCOC)C(=O)N2CCc1ccccc1. The molecule has 0 N–H and O–H groups in total. The summed E-state index contributed by atoms with van der Waals surface area (Å²) in [6, 6.07) is 10.5. The van der Waals surface area contributed by atoms with Gasteiger partial charge in [0.05, 0.1) is 13.2 Å². The lowest BCUT2D eigenvalue weighted by Crippen LogP contribution is -2.58. The van der Waals surface area contributed by atoms with Gasteiger partial charge in [-0.25, -0.2) is 4.79 Å². The number of urea groups is 1. The largest absolute Gasteiger partial charge is 0.383 e. The van der Waals surface area contributed by atoms with E-state index in [9.17, 15) is 9.59 Å². The maximum Gasteiger partial charge on any atom is 0.327 e. The van der Waals surface area contributed by atoms with Crippen molar-refractivity contribution in [1.82, 2.24) is 14.7 Å². The number of hydrogen-bond donors (Lipinski definition) is 0. The number of hydrogen-bond acceptors (Lipinski definition) is 4. The van der Waals surface area contributed by atoms with Crippen LogP contribution in [0, 0.1) is 0 Å². The fraction of sp³-hybridized carbons (Fsp3) is 0.636. The Bertz CT molecular complexity index is 671. The molecule has 2 aliphatic rings. The summed E-state index contributed by atoms with van der Waals surface area (Å²) in [5, 5.41) is 0. The van der Waals surface area contributed by atoms with Gasteiger partial charge in [-0.2, -0.15) is 0 Å². The summed E-state index contributed by atoms with van der Waals surface area (Å²) in [4.78, 5) is 32.2. The van der Waals surface area contributed by atoms with E-state index in [1.807, 2.05) is 23.1 Å². The Labute approximate surface area is 168 Å². The zero-order chi connectivity index (χ0) is 20.1. The van der Waals surface area contributed by atoms with Crippen molar-refractivity contribution >= 4 is 11.9 Å². The van der Waals surface area contributed by atoms with Gasteiger partial charge in [0.15, 0.2) is 0 Å². The topological polar surface area (TPSA) is 53.1 Å². The molecule has 1 spiro atoms. The molecule has 3 rings (SSSR count). The zero-order valence-electron chi connectivity index (χ0n) is 17.4. The number of rotatable bonds is 8. The van der Waals surface area contributed by atoms with Crippen LogP contribution in [0.3, 0.4) is 0 Å². The number of nitrogens with zero attached hydrogens (tertiary/aromatic N) is 3. The standard InChI is InChI=1S/C22H33N3O3/c1-4-18(2)23-14-11-22(12-15-23)20(26)24(16-17-28-3)21(27)25(22)13-10-19-8-6-5-7-9-19/h5-9,18H,4,10-17H2,1-3H3/t18-/m0/s1. The summed E-state index contributed by atoms with van der Waals surface area (Å²) < 4.78 is 5.13. The molecular weight excluding hydrogens is 354 g/mol. The molecule has 1 atom stereocenters. The molecule has 0 saturated carbocycles. The second-order valence-corrected chi connectivity index (χ2v) is 7.94. The molecule has 1 aromatic carbocycles. The third-order valence-electron chi connectivity index (χ3n) is 6.45. The highest BCUT2D eigenvalue weighted by molar-refractivity contribution is 6.07. The number of ether oxygens (including phenoxy) is 1. The number of imide groups is 1. The van der Waals surface area contributed by atoms with E-state index in [4.69, 9.17) is 4.74 Å². The number of carbonyl (C=O) groups excluding carboxylic acids is 2. The van der Waals surface area contributed by atoms with E-state index in [0.29, 0.717) is 38.6 Å². The normalized spacial score (nSPS) is 21.0. The fourth-order valence-corrected chi connectivity index (χ4v) is 4.43. The van der Waals surface area contributed by atoms with Gasteiger partial charge in [0.25, 0.3) is 5.91 Å². The second kappa shape index (κ2) is 9.05. The summed E-state index contributed by atoms with van der Waals surface area (Å²) in [6.45, 7) is 7.41. The maximum atomic E-state index is 13.4. The van der Waals surface area contributed by atoms with Crippen LogP contribution < -0.4 is 0 Å². The smallest absolute Gasteiger partial charge is 0.327 e. The van der Waals surface area contributed by atoms with Gasteiger partial charge in [-0.05, 0) is 38.2 Å². The number of amides is 3. The van der Waals surface area contributed by atoms with Crippen molar-refractivity contribution < 1.29 is 14.3 Å². The molecule has 154 valence electrons. The molecule has 3 amide bonds. The molecule has 0 aromatic heterocycles. The van der Waals surface area contributed by atoms with E-state index in [-0.39, 0.29) is 11.9 Å². The molecule has 0 unspecified atom stereocenters. The van der Waals surface area contributed by atoms with Crippen LogP contribution in [-0.2, 0) is 16.0 Å². The number of methoxy groups -OCH3 is 1. The van der Waals surface area contributed by atoms with Crippen LogP contribution in [0.1, 0.15) is 38.7 Å². The minimum atomic E-state index is -0.691. The number of piperidine rings is 1. The van der Waals surface area contributed by atoms with Crippen LogP contribution in [0.5, 0.6) is 0 Å². The average molecular weight is 388 g/mol. The van der Waals surface area contributed by atoms with E-state index in [2.05, 4.69) is 30.9 Å². The first-order chi connectivity index (χ1) is 13.5. The van der Waals surface area contributed by atoms with Crippen molar-refractivity contribution in [3.63, 3.8) is 0 Å². The van der Waals surface area contributed by atoms with Crippen molar-refractivity contribution in [2.24, 2.45) is 0 Å². The number of benzene rings is 1. The van der Waals surface area contributed by atoms with E-state index in [1.54, 1.807) is 7.11 Å². The van der Waals surface area contributed by atoms with Gasteiger partial charge < -0.3 is 14.5 Å². The summed E-state index contributed by atoms with van der Waals surface area (Å²) in [5.41, 5.74) is 0.495. The average Bonchev–Trinajstić information content (AvgIpc) is 2.92. The fourth-order valence-electron chi connectivity index (χ4n) is 4.43. The lowest BCUT2D eigenvalue weighted by molar-refractivity contribution is -0.136. The molecule has 2 fully saturated rings. The lowest BCUT2D eigenvalue weighted by Gasteiger charge is -2.44. The first kappa shape index (κ1) is 20.8. The number of likely N-dealkylation sites (tertiary alicyclic amines) is 1. The number of carbonyl (C=O) groups is 2. The highest BCUT2D eigenvalue weighted by atomic mass is 16.5. The Balaban J connectivity index is 1.79. The van der Waals surface area contributed by atoms with Gasteiger partial charge in [0, 0.05) is 32.8 Å². The van der Waals surface area contributed by atoms with Crippen LogP contribution in [-0.4, -0.2) is 78.1 Å². The van der Waals surface area contributed by atoms with E-state index in [1.165, 1.54) is 10.5 Å². The third-order valence-corrected chi connectivity index (χ3v) is 6.45. The predicted molar refractivity (Wildman–Crippen MR) is 109 cm³/mol. The lowest BCUT2D eigenvalue weighted by atomic mass is 9.85. The zero-order valence-corrected chi connectivity index (χ0v) is 17.4. The summed E-state index contributed by atoms with van der Waals surface area (Å²) in [6.07, 6.45) is 3.27.